The molecule has 176 valence electrons. The zero-order chi connectivity index (χ0) is 23.8. The molecule has 0 aliphatic heterocycles. The fraction of sp³-hybridized carbons (Fsp3) is 0.385. The van der Waals surface area contributed by atoms with Crippen LogP contribution in [0.25, 0.3) is 0 Å². The van der Waals surface area contributed by atoms with Crippen LogP contribution in [0.15, 0.2) is 54.6 Å². The summed E-state index contributed by atoms with van der Waals surface area (Å²) in [4.78, 5) is 14.4. The maximum Gasteiger partial charge on any atom is 0.253 e. The molecule has 0 fully saturated rings. The Hall–Kier alpha value is -3.16. The second kappa shape index (κ2) is 11.6. The first-order valence-electron chi connectivity index (χ1n) is 11.3. The summed E-state index contributed by atoms with van der Waals surface area (Å²) in [5, 5.41) is 17.5. The molecular formula is C26H34N4O3. The molecule has 2 unspecified atom stereocenters. The van der Waals surface area contributed by atoms with Gasteiger partial charge in [0, 0.05) is 18.7 Å². The van der Waals surface area contributed by atoms with Crippen LogP contribution in [-0.4, -0.2) is 46.3 Å². The summed E-state index contributed by atoms with van der Waals surface area (Å²) in [6.45, 7) is 2.25. The highest BCUT2D eigenvalue weighted by Gasteiger charge is 2.18. The largest absolute Gasteiger partial charge is 0.493 e. The van der Waals surface area contributed by atoms with Gasteiger partial charge in [-0.15, -0.1) is 0 Å². The third-order valence-electron chi connectivity index (χ3n) is 5.90. The summed E-state index contributed by atoms with van der Waals surface area (Å²) in [6, 6.07) is 17.0. The highest BCUT2D eigenvalue weighted by Crippen LogP contribution is 2.22. The minimum atomic E-state index is -0.640. The number of amides is 1. The van der Waals surface area contributed by atoms with Crippen molar-refractivity contribution in [2.24, 2.45) is 5.73 Å². The molecule has 0 spiro atoms. The molecule has 3 rings (SSSR count). The van der Waals surface area contributed by atoms with Crippen molar-refractivity contribution in [1.29, 1.82) is 0 Å². The van der Waals surface area contributed by atoms with E-state index in [0.717, 1.165) is 36.9 Å². The van der Waals surface area contributed by atoms with Gasteiger partial charge in [0.05, 0.1) is 25.5 Å². The summed E-state index contributed by atoms with van der Waals surface area (Å²) >= 11 is 0. The van der Waals surface area contributed by atoms with E-state index in [1.807, 2.05) is 61.5 Å². The van der Waals surface area contributed by atoms with Crippen molar-refractivity contribution in [2.75, 3.05) is 14.2 Å². The number of carbonyl (C=O) groups is 1. The Balaban J connectivity index is 1.45. The number of methoxy groups -OCH3 is 1. The second-order valence-corrected chi connectivity index (χ2v) is 8.45. The van der Waals surface area contributed by atoms with Gasteiger partial charge in [0.1, 0.15) is 5.69 Å². The van der Waals surface area contributed by atoms with Crippen LogP contribution < -0.4 is 10.5 Å². The number of aliphatic hydroxyl groups is 1. The van der Waals surface area contributed by atoms with Crippen LogP contribution in [0.3, 0.4) is 0 Å². The molecule has 7 heteroatoms. The van der Waals surface area contributed by atoms with E-state index in [1.165, 1.54) is 5.56 Å². The van der Waals surface area contributed by atoms with Crippen molar-refractivity contribution >= 4 is 5.91 Å². The van der Waals surface area contributed by atoms with Gasteiger partial charge in [-0.05, 0) is 49.4 Å². The molecule has 1 heterocycles. The van der Waals surface area contributed by atoms with Crippen molar-refractivity contribution in [1.82, 2.24) is 15.1 Å². The molecule has 1 amide bonds. The van der Waals surface area contributed by atoms with E-state index in [1.54, 1.807) is 19.1 Å². The van der Waals surface area contributed by atoms with Gasteiger partial charge >= 0.3 is 0 Å². The monoisotopic (exact) mass is 450 g/mol. The number of H-pyrrole nitrogens is 1. The molecule has 2 atom stereocenters. The summed E-state index contributed by atoms with van der Waals surface area (Å²) in [7, 11) is 3.35. The van der Waals surface area contributed by atoms with Gasteiger partial charge in [0.2, 0.25) is 0 Å². The number of aliphatic hydroxyl groups excluding tert-OH is 1. The Bertz CT molecular complexity index is 1020. The maximum absolute atomic E-state index is 12.8. The number of aromatic amines is 1. The zero-order valence-corrected chi connectivity index (χ0v) is 19.6. The Morgan fingerprint density at radius 1 is 1.15 bits per heavy atom. The highest BCUT2D eigenvalue weighted by atomic mass is 16.5. The van der Waals surface area contributed by atoms with Crippen LogP contribution >= 0.6 is 0 Å². The van der Waals surface area contributed by atoms with Gasteiger partial charge in [-0.25, -0.2) is 0 Å². The number of nitrogens with two attached hydrogens (primary N) is 1. The van der Waals surface area contributed by atoms with E-state index in [2.05, 4.69) is 10.2 Å². The van der Waals surface area contributed by atoms with Gasteiger partial charge in [-0.2, -0.15) is 5.10 Å². The number of aromatic nitrogens is 2. The van der Waals surface area contributed by atoms with Crippen molar-refractivity contribution in [3.63, 3.8) is 0 Å². The number of hydrogen-bond acceptors (Lipinski definition) is 5. The van der Waals surface area contributed by atoms with Gasteiger partial charge in [0.15, 0.2) is 5.75 Å². The summed E-state index contributed by atoms with van der Waals surface area (Å²) in [6.07, 6.45) is 2.93. The molecule has 0 bridgehead atoms. The lowest BCUT2D eigenvalue weighted by Crippen LogP contribution is -2.28. The van der Waals surface area contributed by atoms with Gasteiger partial charge in [-0.3, -0.25) is 9.89 Å². The molecule has 4 N–H and O–H groups in total. The van der Waals surface area contributed by atoms with Crippen molar-refractivity contribution in [3.05, 3.63) is 82.7 Å². The minimum Gasteiger partial charge on any atom is -0.493 e. The lowest BCUT2D eigenvalue weighted by molar-refractivity contribution is 0.0782. The molecule has 3 aromatic rings. The molecule has 0 saturated heterocycles. The fourth-order valence-corrected chi connectivity index (χ4v) is 3.94. The van der Waals surface area contributed by atoms with Gasteiger partial charge < -0.3 is 20.5 Å². The first kappa shape index (κ1) is 24.5. The van der Waals surface area contributed by atoms with E-state index in [4.69, 9.17) is 10.5 Å². The second-order valence-electron chi connectivity index (χ2n) is 8.45. The zero-order valence-electron chi connectivity index (χ0n) is 19.6. The Morgan fingerprint density at radius 3 is 2.52 bits per heavy atom. The lowest BCUT2D eigenvalue weighted by Gasteiger charge is -2.19. The Morgan fingerprint density at radius 2 is 1.85 bits per heavy atom. The highest BCUT2D eigenvalue weighted by molar-refractivity contribution is 5.94. The number of benzene rings is 2. The molecule has 0 aliphatic rings. The van der Waals surface area contributed by atoms with E-state index in [9.17, 15) is 9.90 Å². The molecule has 33 heavy (non-hydrogen) atoms. The molecular weight excluding hydrogens is 416 g/mol. The summed E-state index contributed by atoms with van der Waals surface area (Å²) in [5.41, 5.74) is 10.4. The van der Waals surface area contributed by atoms with Gasteiger partial charge in [0.25, 0.3) is 5.91 Å². The fourth-order valence-electron chi connectivity index (χ4n) is 3.94. The molecule has 0 saturated carbocycles. The average molecular weight is 451 g/mol. The number of nitrogens with zero attached hydrogens (tertiary/aromatic N) is 2. The number of unbranched alkanes of at least 4 members (excludes halogenated alkanes) is 1. The number of ether oxygens (including phenoxy) is 1. The predicted molar refractivity (Wildman–Crippen MR) is 129 cm³/mol. The number of rotatable bonds is 11. The SMILES string of the molecule is COc1c(CN(C)C(=O)c2ccc(CCCCC(N)C(O)c3ccccc3)cc2)n[nH]c1C. The van der Waals surface area contributed by atoms with Crippen LogP contribution in [-0.2, 0) is 13.0 Å². The summed E-state index contributed by atoms with van der Waals surface area (Å²) < 4.78 is 5.36. The van der Waals surface area contributed by atoms with Gasteiger partial charge in [-0.1, -0.05) is 48.9 Å². The number of aryl methyl sites for hydroxylation is 2. The van der Waals surface area contributed by atoms with E-state index < -0.39 is 6.10 Å². The van der Waals surface area contributed by atoms with Crippen molar-refractivity contribution in [2.45, 2.75) is 51.3 Å². The van der Waals surface area contributed by atoms with Crippen LogP contribution in [0, 0.1) is 6.92 Å². The topological polar surface area (TPSA) is 104 Å². The third kappa shape index (κ3) is 6.43. The molecule has 0 aliphatic carbocycles. The molecule has 0 radical (unpaired) electrons. The smallest absolute Gasteiger partial charge is 0.253 e. The third-order valence-corrected chi connectivity index (χ3v) is 5.90. The number of carbonyl (C=O) groups excluding carboxylic acids is 1. The van der Waals surface area contributed by atoms with Crippen molar-refractivity contribution in [3.8, 4) is 5.75 Å². The number of hydrogen-bond donors (Lipinski definition) is 3. The van der Waals surface area contributed by atoms with E-state index in [-0.39, 0.29) is 11.9 Å². The van der Waals surface area contributed by atoms with Crippen LogP contribution in [0.4, 0.5) is 0 Å². The normalized spacial score (nSPS) is 12.9. The Kier molecular flexibility index (Phi) is 8.63. The number of nitrogens with one attached hydrogen (secondary N) is 1. The average Bonchev–Trinajstić information content (AvgIpc) is 3.20. The lowest BCUT2D eigenvalue weighted by atomic mass is 9.97. The minimum absolute atomic E-state index is 0.0647. The van der Waals surface area contributed by atoms with Crippen LogP contribution in [0.1, 0.15) is 58.2 Å². The first-order chi connectivity index (χ1) is 15.9. The van der Waals surface area contributed by atoms with Crippen molar-refractivity contribution < 1.29 is 14.6 Å². The summed E-state index contributed by atoms with van der Waals surface area (Å²) in [5.74, 6) is 0.617. The molecule has 1 aromatic heterocycles. The standard InChI is InChI=1S/C26H34N4O3/c1-18-25(33-3)23(29-28-18)17-30(2)26(32)21-15-13-19(14-16-21)9-7-8-12-22(27)24(31)20-10-5-4-6-11-20/h4-6,10-11,13-16,22,24,31H,7-9,12,17,27H2,1-3H3,(H,28,29). The first-order valence-corrected chi connectivity index (χ1v) is 11.3. The molecule has 2 aromatic carbocycles. The van der Waals surface area contributed by atoms with Crippen LogP contribution in [0.5, 0.6) is 5.75 Å². The van der Waals surface area contributed by atoms with Crippen LogP contribution in [0.2, 0.25) is 0 Å². The quantitative estimate of drug-likeness (QED) is 0.386. The van der Waals surface area contributed by atoms with E-state index >= 15 is 0 Å². The predicted octanol–water partition coefficient (Wildman–Crippen LogP) is 3.77. The Labute approximate surface area is 195 Å². The maximum atomic E-state index is 12.8. The molecule has 7 nitrogen and oxygen atoms in total. The van der Waals surface area contributed by atoms with E-state index in [0.29, 0.717) is 23.6 Å².